The van der Waals surface area contributed by atoms with Crippen molar-refractivity contribution in [3.05, 3.63) is 46.3 Å². The van der Waals surface area contributed by atoms with E-state index >= 15 is 0 Å². The van der Waals surface area contributed by atoms with Crippen molar-refractivity contribution >= 4 is 28.7 Å². The number of imidazole rings is 1. The maximum Gasteiger partial charge on any atom is 0.276 e. The second-order valence-electron chi connectivity index (χ2n) is 7.55. The Morgan fingerprint density at radius 3 is 2.85 bits per heavy atom. The van der Waals surface area contributed by atoms with Crippen molar-refractivity contribution in [3.63, 3.8) is 0 Å². The molecule has 0 aliphatic carbocycles. The molecule has 174 valence electrons. The van der Waals surface area contributed by atoms with Gasteiger partial charge in [-0.1, -0.05) is 12.1 Å². The van der Waals surface area contributed by atoms with Crippen molar-refractivity contribution in [3.8, 4) is 5.88 Å². The minimum absolute atomic E-state index is 0.00500. The number of anilines is 1. The largest absolute Gasteiger partial charge is 0.468 e. The van der Waals surface area contributed by atoms with Crippen LogP contribution in [0.25, 0.3) is 11.2 Å². The van der Waals surface area contributed by atoms with E-state index in [1.165, 1.54) is 19.3 Å². The lowest BCUT2D eigenvalue weighted by molar-refractivity contribution is -0.386. The first-order valence-electron chi connectivity index (χ1n) is 10.1. The zero-order valence-corrected chi connectivity index (χ0v) is 17.8. The van der Waals surface area contributed by atoms with Gasteiger partial charge in [0.25, 0.3) is 5.69 Å². The number of amides is 1. The number of aliphatic hydroxyl groups excluding tert-OH is 2. The highest BCUT2D eigenvalue weighted by Crippen LogP contribution is 2.35. The molecule has 4 atom stereocenters. The number of rotatable bonds is 7. The quantitative estimate of drug-likeness (QED) is 0.347. The summed E-state index contributed by atoms with van der Waals surface area (Å²) in [6.07, 6.45) is -1.44. The highest BCUT2D eigenvalue weighted by Gasteiger charge is 2.36. The third kappa shape index (κ3) is 4.46. The first-order chi connectivity index (χ1) is 15.8. The first-order valence-corrected chi connectivity index (χ1v) is 10.1. The van der Waals surface area contributed by atoms with E-state index in [2.05, 4.69) is 20.3 Å². The smallest absolute Gasteiger partial charge is 0.276 e. The van der Waals surface area contributed by atoms with Crippen molar-refractivity contribution in [2.75, 3.05) is 11.9 Å². The van der Waals surface area contributed by atoms with E-state index in [9.17, 15) is 25.1 Å². The molecule has 1 aromatic carbocycles. The lowest BCUT2D eigenvalue weighted by atomic mass is 10.1. The maximum atomic E-state index is 11.6. The number of carbonyl (C=O) groups excluding carboxylic acids is 1. The number of aromatic nitrogens is 4. The first kappa shape index (κ1) is 22.5. The number of fused-ring (bicyclic) bond motifs is 1. The zero-order chi connectivity index (χ0) is 23.7. The molecule has 1 aliphatic rings. The summed E-state index contributed by atoms with van der Waals surface area (Å²) < 4.78 is 13.2. The number of carbonyl (C=O) groups is 1. The summed E-state index contributed by atoms with van der Waals surface area (Å²) >= 11 is 0. The topological polar surface area (TPSA) is 175 Å². The molecule has 13 nitrogen and oxygen atoms in total. The minimum atomic E-state index is -0.872. The molecule has 0 spiro atoms. The molecule has 0 bridgehead atoms. The van der Waals surface area contributed by atoms with Crippen LogP contribution in [0, 0.1) is 10.1 Å². The van der Waals surface area contributed by atoms with Crippen LogP contribution in [0.1, 0.15) is 38.2 Å². The normalized spacial score (nSPS) is 21.2. The molecule has 4 rings (SSSR count). The van der Waals surface area contributed by atoms with Gasteiger partial charge in [-0.3, -0.25) is 24.8 Å². The van der Waals surface area contributed by atoms with E-state index in [1.54, 1.807) is 29.7 Å². The van der Waals surface area contributed by atoms with Gasteiger partial charge in [0.2, 0.25) is 17.7 Å². The van der Waals surface area contributed by atoms with E-state index in [0.29, 0.717) is 5.56 Å². The molecule has 3 aromatic rings. The molecule has 0 radical (unpaired) electrons. The summed E-state index contributed by atoms with van der Waals surface area (Å²) in [5.74, 6) is -0.463. The van der Waals surface area contributed by atoms with Crippen molar-refractivity contribution in [2.45, 2.75) is 44.8 Å². The molecule has 2 unspecified atom stereocenters. The van der Waals surface area contributed by atoms with Crippen LogP contribution in [0.5, 0.6) is 5.88 Å². The van der Waals surface area contributed by atoms with Gasteiger partial charge in [0.05, 0.1) is 29.5 Å². The van der Waals surface area contributed by atoms with Gasteiger partial charge in [0, 0.05) is 19.4 Å². The third-order valence-electron chi connectivity index (χ3n) is 5.23. The second-order valence-corrected chi connectivity index (χ2v) is 7.55. The molecule has 1 fully saturated rings. The number of nitro groups is 1. The molecule has 13 heteroatoms. The monoisotopic (exact) mass is 458 g/mol. The Morgan fingerprint density at radius 2 is 2.18 bits per heavy atom. The van der Waals surface area contributed by atoms with Crippen molar-refractivity contribution < 1.29 is 29.4 Å². The number of para-hydroxylation sites is 1. The fourth-order valence-corrected chi connectivity index (χ4v) is 3.68. The minimum Gasteiger partial charge on any atom is -0.468 e. The van der Waals surface area contributed by atoms with E-state index in [4.69, 9.17) is 9.47 Å². The van der Waals surface area contributed by atoms with Crippen LogP contribution < -0.4 is 10.1 Å². The molecule has 1 amide bonds. The van der Waals surface area contributed by atoms with Gasteiger partial charge in [0.1, 0.15) is 18.4 Å². The molecule has 3 heterocycles. The van der Waals surface area contributed by atoms with Crippen LogP contribution in [0.2, 0.25) is 0 Å². The number of nitrogens with one attached hydrogen (secondary N) is 1. The number of nitrogens with zero attached hydrogens (tertiary/aromatic N) is 5. The van der Waals surface area contributed by atoms with Gasteiger partial charge in [-0.2, -0.15) is 9.97 Å². The van der Waals surface area contributed by atoms with Crippen molar-refractivity contribution in [1.29, 1.82) is 0 Å². The molecule has 1 aliphatic heterocycles. The van der Waals surface area contributed by atoms with Gasteiger partial charge in [-0.15, -0.1) is 0 Å². The van der Waals surface area contributed by atoms with Crippen LogP contribution in [0.4, 0.5) is 11.6 Å². The lowest BCUT2D eigenvalue weighted by Gasteiger charge is -2.16. The van der Waals surface area contributed by atoms with Gasteiger partial charge in [-0.05, 0) is 13.0 Å². The Kier molecular flexibility index (Phi) is 6.18. The highest BCUT2D eigenvalue weighted by atomic mass is 16.6. The number of aliphatic hydroxyl groups is 2. The second kappa shape index (κ2) is 9.05. The predicted octanol–water partition coefficient (Wildman–Crippen LogP) is 1.47. The number of ether oxygens (including phenoxy) is 2. The molecule has 0 saturated carbocycles. The Bertz CT molecular complexity index is 1200. The molecular formula is C20H22N6O7. The van der Waals surface area contributed by atoms with Gasteiger partial charge >= 0.3 is 0 Å². The van der Waals surface area contributed by atoms with Gasteiger partial charge in [-0.25, -0.2) is 4.98 Å². The maximum absolute atomic E-state index is 11.6. The Labute approximate surface area is 187 Å². The van der Waals surface area contributed by atoms with Crippen LogP contribution >= 0.6 is 0 Å². The van der Waals surface area contributed by atoms with Crippen LogP contribution in [0.3, 0.4) is 0 Å². The van der Waals surface area contributed by atoms with Crippen LogP contribution in [0.15, 0.2) is 30.6 Å². The highest BCUT2D eigenvalue weighted by molar-refractivity contribution is 5.88. The summed E-state index contributed by atoms with van der Waals surface area (Å²) in [7, 11) is 0. The summed E-state index contributed by atoms with van der Waals surface area (Å²) in [6.45, 7) is 2.58. The number of benzene rings is 1. The van der Waals surface area contributed by atoms with E-state index < -0.39 is 35.4 Å². The average Bonchev–Trinajstić information content (AvgIpc) is 3.36. The fraction of sp³-hybridized carbons (Fsp3) is 0.400. The lowest BCUT2D eigenvalue weighted by Crippen LogP contribution is -2.24. The van der Waals surface area contributed by atoms with Gasteiger partial charge in [0.15, 0.2) is 11.2 Å². The molecule has 3 N–H and O–H groups in total. The van der Waals surface area contributed by atoms with Crippen molar-refractivity contribution in [1.82, 2.24) is 19.5 Å². The Balaban J connectivity index is 1.74. The summed E-state index contributed by atoms with van der Waals surface area (Å²) in [6, 6.07) is 6.18. The predicted molar refractivity (Wildman–Crippen MR) is 113 cm³/mol. The summed E-state index contributed by atoms with van der Waals surface area (Å²) in [5, 5.41) is 33.4. The summed E-state index contributed by atoms with van der Waals surface area (Å²) in [5.41, 5.74) is 0.725. The number of hydrogen-bond donors (Lipinski definition) is 3. The molecule has 2 aromatic heterocycles. The van der Waals surface area contributed by atoms with Crippen molar-refractivity contribution in [2.24, 2.45) is 0 Å². The Hall–Kier alpha value is -3.68. The molecular weight excluding hydrogens is 436 g/mol. The summed E-state index contributed by atoms with van der Waals surface area (Å²) in [4.78, 5) is 35.4. The third-order valence-corrected chi connectivity index (χ3v) is 5.23. The van der Waals surface area contributed by atoms with E-state index in [0.717, 1.165) is 0 Å². The number of nitro benzene ring substituents is 1. The SMILES string of the molecule is CC(=O)Nc1nc(OC(C)c2ccccc2[N+](=O)[O-])c2ncn([C@H]3CC(O)[C@@H](CO)O3)c2n1. The average molecular weight is 458 g/mol. The van der Waals surface area contributed by atoms with Crippen LogP contribution in [-0.2, 0) is 9.53 Å². The Morgan fingerprint density at radius 1 is 1.42 bits per heavy atom. The number of hydrogen-bond acceptors (Lipinski definition) is 10. The zero-order valence-electron chi connectivity index (χ0n) is 17.8. The van der Waals surface area contributed by atoms with Crippen LogP contribution in [-0.4, -0.2) is 59.4 Å². The fourth-order valence-electron chi connectivity index (χ4n) is 3.68. The van der Waals surface area contributed by atoms with E-state index in [-0.39, 0.29) is 41.7 Å². The standard InChI is InChI=1S/C20H22N6O7/c1-10(12-5-3-4-6-13(12)26(30)31)32-19-17-18(23-20(24-19)22-11(2)28)25(9-21-17)16-7-14(29)15(8-27)33-16/h3-6,9-10,14-16,27,29H,7-8H2,1-2H3,(H,22,23,24,28)/t10?,14?,15-,16-/m1/s1. The van der Waals surface area contributed by atoms with Gasteiger partial charge < -0.3 is 19.7 Å². The molecule has 1 saturated heterocycles. The molecule has 33 heavy (non-hydrogen) atoms. The van der Waals surface area contributed by atoms with E-state index in [1.807, 2.05) is 0 Å².